The van der Waals surface area contributed by atoms with E-state index in [0.29, 0.717) is 32.8 Å². The Morgan fingerprint density at radius 1 is 1.24 bits per heavy atom. The largest absolute Gasteiger partial charge is 0.482 e. The number of anilines is 3. The summed E-state index contributed by atoms with van der Waals surface area (Å²) in [6.45, 7) is 1.09. The van der Waals surface area contributed by atoms with E-state index in [1.54, 1.807) is 30.3 Å². The molecule has 0 saturated heterocycles. The van der Waals surface area contributed by atoms with Gasteiger partial charge in [0, 0.05) is 17.6 Å². The Hall–Kier alpha value is -3.17. The fourth-order valence-electron chi connectivity index (χ4n) is 2.90. The average molecular weight is 431 g/mol. The minimum absolute atomic E-state index is 0.140. The first-order valence-electron chi connectivity index (χ1n) is 8.60. The Balaban J connectivity index is 1.50. The van der Waals surface area contributed by atoms with Gasteiger partial charge in [0.2, 0.25) is 11.8 Å². The van der Waals surface area contributed by atoms with Crippen LogP contribution in [0.15, 0.2) is 36.4 Å². The molecule has 0 atom stereocenters. The zero-order chi connectivity index (χ0) is 20.5. The van der Waals surface area contributed by atoms with Crippen LogP contribution in [0, 0.1) is 0 Å². The highest BCUT2D eigenvalue weighted by Crippen LogP contribution is 2.34. The molecule has 148 valence electrons. The smallest absolute Gasteiger partial charge is 0.265 e. The number of fused-ring (bicyclic) bond motifs is 2. The lowest BCUT2D eigenvalue weighted by molar-refractivity contribution is -0.123. The Labute approximate surface area is 174 Å². The van der Waals surface area contributed by atoms with Crippen LogP contribution >= 0.6 is 22.9 Å². The standard InChI is InChI=1S/C19H15ClN4O4S/c1-10(25)21-19-23-13-7-12(3-5-16(13)29-19)22-17(26)8-24-14-6-11(20)2-4-15(14)28-9-18(24)27/h2-7H,8-9H2,1H3,(H,22,26)(H,21,23,25). The molecule has 10 heteroatoms. The van der Waals surface area contributed by atoms with Crippen molar-refractivity contribution in [3.8, 4) is 5.75 Å². The lowest BCUT2D eigenvalue weighted by atomic mass is 10.2. The molecule has 8 nitrogen and oxygen atoms in total. The van der Waals surface area contributed by atoms with Gasteiger partial charge >= 0.3 is 0 Å². The quantitative estimate of drug-likeness (QED) is 0.661. The van der Waals surface area contributed by atoms with Crippen LogP contribution in [0.2, 0.25) is 5.02 Å². The predicted molar refractivity (Wildman–Crippen MR) is 112 cm³/mol. The maximum Gasteiger partial charge on any atom is 0.265 e. The molecule has 3 amide bonds. The fraction of sp³-hybridized carbons (Fsp3) is 0.158. The molecule has 29 heavy (non-hydrogen) atoms. The summed E-state index contributed by atoms with van der Waals surface area (Å²) in [4.78, 5) is 41.7. The molecule has 0 saturated carbocycles. The first-order valence-corrected chi connectivity index (χ1v) is 9.79. The van der Waals surface area contributed by atoms with E-state index < -0.39 is 0 Å². The topological polar surface area (TPSA) is 101 Å². The number of benzene rings is 2. The van der Waals surface area contributed by atoms with E-state index in [9.17, 15) is 14.4 Å². The molecule has 4 rings (SSSR count). The van der Waals surface area contributed by atoms with E-state index in [2.05, 4.69) is 15.6 Å². The van der Waals surface area contributed by atoms with Crippen LogP contribution in [-0.2, 0) is 14.4 Å². The molecule has 0 bridgehead atoms. The van der Waals surface area contributed by atoms with Gasteiger partial charge in [0.25, 0.3) is 5.91 Å². The Morgan fingerprint density at radius 2 is 2.07 bits per heavy atom. The van der Waals surface area contributed by atoms with Crippen LogP contribution in [0.1, 0.15) is 6.92 Å². The van der Waals surface area contributed by atoms with Crippen molar-refractivity contribution in [3.63, 3.8) is 0 Å². The van der Waals surface area contributed by atoms with Crippen molar-refractivity contribution in [2.24, 2.45) is 0 Å². The number of amides is 3. The third-order valence-electron chi connectivity index (χ3n) is 4.12. The second kappa shape index (κ2) is 7.69. The molecule has 0 radical (unpaired) electrons. The summed E-state index contributed by atoms with van der Waals surface area (Å²) in [5.41, 5.74) is 1.64. The Morgan fingerprint density at radius 3 is 2.86 bits per heavy atom. The highest BCUT2D eigenvalue weighted by molar-refractivity contribution is 7.22. The van der Waals surface area contributed by atoms with E-state index in [1.165, 1.54) is 23.2 Å². The lowest BCUT2D eigenvalue weighted by Crippen LogP contribution is -2.43. The first kappa shape index (κ1) is 19.2. The van der Waals surface area contributed by atoms with Crippen molar-refractivity contribution in [2.45, 2.75) is 6.92 Å². The SMILES string of the molecule is CC(=O)Nc1nc2cc(NC(=O)CN3C(=O)COc4ccc(Cl)cc43)ccc2s1. The maximum atomic E-state index is 12.6. The monoisotopic (exact) mass is 430 g/mol. The van der Waals surface area contributed by atoms with Gasteiger partial charge in [-0.3, -0.25) is 19.3 Å². The Kier molecular flexibility index (Phi) is 5.08. The van der Waals surface area contributed by atoms with Gasteiger partial charge in [-0.25, -0.2) is 4.98 Å². The second-order valence-corrected chi connectivity index (χ2v) is 7.78. The lowest BCUT2D eigenvalue weighted by Gasteiger charge is -2.29. The minimum Gasteiger partial charge on any atom is -0.482 e. The highest BCUT2D eigenvalue weighted by Gasteiger charge is 2.27. The van der Waals surface area contributed by atoms with Gasteiger partial charge in [-0.2, -0.15) is 0 Å². The molecule has 1 aliphatic heterocycles. The van der Waals surface area contributed by atoms with E-state index in [4.69, 9.17) is 16.3 Å². The number of aromatic nitrogens is 1. The fourth-order valence-corrected chi connectivity index (χ4v) is 3.96. The molecule has 0 aliphatic carbocycles. The summed E-state index contributed by atoms with van der Waals surface area (Å²) in [6, 6.07) is 10.2. The van der Waals surface area contributed by atoms with Crippen LogP contribution in [-0.4, -0.2) is 35.9 Å². The summed E-state index contributed by atoms with van der Waals surface area (Å²) >= 11 is 7.36. The first-order chi connectivity index (χ1) is 13.9. The van der Waals surface area contributed by atoms with E-state index in [1.807, 2.05) is 6.07 Å². The number of hydrogen-bond acceptors (Lipinski definition) is 6. The number of thiazole rings is 1. The summed E-state index contributed by atoms with van der Waals surface area (Å²) in [6.07, 6.45) is 0. The number of halogens is 1. The van der Waals surface area contributed by atoms with Gasteiger partial charge in [0.15, 0.2) is 11.7 Å². The zero-order valence-corrected chi connectivity index (χ0v) is 16.8. The highest BCUT2D eigenvalue weighted by atomic mass is 35.5. The molecule has 0 unspecified atom stereocenters. The summed E-state index contributed by atoms with van der Waals surface area (Å²) in [7, 11) is 0. The summed E-state index contributed by atoms with van der Waals surface area (Å²) in [5.74, 6) is -0.406. The van der Waals surface area contributed by atoms with Gasteiger partial charge in [-0.05, 0) is 36.4 Å². The number of nitrogens with one attached hydrogen (secondary N) is 2. The van der Waals surface area contributed by atoms with E-state index in [-0.39, 0.29) is 30.9 Å². The van der Waals surface area contributed by atoms with Gasteiger partial charge in [-0.1, -0.05) is 22.9 Å². The van der Waals surface area contributed by atoms with Crippen LogP contribution in [0.3, 0.4) is 0 Å². The zero-order valence-electron chi connectivity index (χ0n) is 15.2. The number of nitrogens with zero attached hydrogens (tertiary/aromatic N) is 2. The van der Waals surface area contributed by atoms with Crippen molar-refractivity contribution < 1.29 is 19.1 Å². The summed E-state index contributed by atoms with van der Waals surface area (Å²) < 4.78 is 6.25. The number of carbonyl (C=O) groups is 3. The number of hydrogen-bond donors (Lipinski definition) is 2. The van der Waals surface area contributed by atoms with Crippen molar-refractivity contribution in [2.75, 3.05) is 28.7 Å². The maximum absolute atomic E-state index is 12.6. The molecule has 0 spiro atoms. The van der Waals surface area contributed by atoms with Crippen molar-refractivity contribution in [1.82, 2.24) is 4.98 Å². The molecule has 1 aromatic heterocycles. The van der Waals surface area contributed by atoms with Gasteiger partial charge in [0.1, 0.15) is 12.3 Å². The van der Waals surface area contributed by atoms with Crippen molar-refractivity contribution in [1.29, 1.82) is 0 Å². The van der Waals surface area contributed by atoms with Crippen LogP contribution in [0.4, 0.5) is 16.5 Å². The molecule has 1 aliphatic rings. The molecule has 3 aromatic rings. The van der Waals surface area contributed by atoms with Gasteiger partial charge in [0.05, 0.1) is 15.9 Å². The second-order valence-electron chi connectivity index (χ2n) is 6.31. The van der Waals surface area contributed by atoms with Crippen LogP contribution < -0.4 is 20.3 Å². The van der Waals surface area contributed by atoms with Crippen LogP contribution in [0.25, 0.3) is 10.2 Å². The molecular formula is C19H15ClN4O4S. The van der Waals surface area contributed by atoms with E-state index in [0.717, 1.165) is 4.70 Å². The molecule has 2 aromatic carbocycles. The average Bonchev–Trinajstić information content (AvgIpc) is 3.05. The van der Waals surface area contributed by atoms with Gasteiger partial charge in [-0.15, -0.1) is 0 Å². The molecular weight excluding hydrogens is 416 g/mol. The van der Waals surface area contributed by atoms with E-state index >= 15 is 0 Å². The predicted octanol–water partition coefficient (Wildman–Crippen LogP) is 3.27. The number of ether oxygens (including phenoxy) is 1. The van der Waals surface area contributed by atoms with Crippen molar-refractivity contribution in [3.05, 3.63) is 41.4 Å². The molecule has 2 heterocycles. The van der Waals surface area contributed by atoms with Gasteiger partial charge < -0.3 is 15.4 Å². The third kappa shape index (κ3) is 4.15. The Bertz CT molecular complexity index is 1150. The molecule has 2 N–H and O–H groups in total. The minimum atomic E-state index is -0.372. The number of carbonyl (C=O) groups excluding carboxylic acids is 3. The third-order valence-corrected chi connectivity index (χ3v) is 5.31. The summed E-state index contributed by atoms with van der Waals surface area (Å²) in [5, 5.41) is 6.34. The van der Waals surface area contributed by atoms with Crippen molar-refractivity contribution >= 4 is 67.4 Å². The normalized spacial score (nSPS) is 13.0. The molecule has 0 fully saturated rings. The van der Waals surface area contributed by atoms with Crippen LogP contribution in [0.5, 0.6) is 5.75 Å². The number of rotatable bonds is 4.